The van der Waals surface area contributed by atoms with E-state index in [0.717, 1.165) is 10.6 Å². The standard InChI is InChI=1S/C7H6Cl.C2HF3O2.K/c1-6-2-4-7(8)5-3-6;3-2(4,5)1(6)7;/h2-5H,1H2;(H,6,7);/q-1;;+1. The molecule has 1 N–H and O–H groups in total. The summed E-state index contributed by atoms with van der Waals surface area (Å²) in [6.07, 6.45) is -5.08. The zero-order valence-corrected chi connectivity index (χ0v) is 12.3. The Morgan fingerprint density at radius 3 is 1.75 bits per heavy atom. The van der Waals surface area contributed by atoms with Crippen molar-refractivity contribution in [3.63, 3.8) is 0 Å². The second kappa shape index (κ2) is 8.38. The summed E-state index contributed by atoms with van der Waals surface area (Å²) < 4.78 is 31.7. The van der Waals surface area contributed by atoms with Crippen molar-refractivity contribution in [3.05, 3.63) is 41.8 Å². The fraction of sp³-hybridized carbons (Fsp3) is 0.111. The van der Waals surface area contributed by atoms with Gasteiger partial charge in [-0.2, -0.15) is 37.8 Å². The Morgan fingerprint density at radius 2 is 1.56 bits per heavy atom. The summed E-state index contributed by atoms with van der Waals surface area (Å²) >= 11 is 5.58. The summed E-state index contributed by atoms with van der Waals surface area (Å²) in [6.45, 7) is 3.70. The van der Waals surface area contributed by atoms with Crippen LogP contribution in [0, 0.1) is 6.92 Å². The Bertz CT molecular complexity index is 304. The maximum absolute atomic E-state index is 10.6. The molecule has 0 fully saturated rings. The molecule has 0 radical (unpaired) electrons. The Balaban J connectivity index is 0. The summed E-state index contributed by atoms with van der Waals surface area (Å²) in [7, 11) is 0. The van der Waals surface area contributed by atoms with Crippen molar-refractivity contribution in [2.75, 3.05) is 0 Å². The van der Waals surface area contributed by atoms with Crippen LogP contribution < -0.4 is 51.4 Å². The van der Waals surface area contributed by atoms with E-state index >= 15 is 0 Å². The molecule has 0 amide bonds. The van der Waals surface area contributed by atoms with Crippen LogP contribution >= 0.6 is 11.6 Å². The number of carboxylic acid groups (broad SMARTS) is 1. The summed E-state index contributed by atoms with van der Waals surface area (Å²) in [4.78, 5) is 8.90. The topological polar surface area (TPSA) is 37.3 Å². The first kappa shape index (κ1) is 18.6. The maximum atomic E-state index is 10.6. The molecule has 7 heteroatoms. The molecule has 0 aromatic heterocycles. The van der Waals surface area contributed by atoms with Crippen molar-refractivity contribution in [2.24, 2.45) is 0 Å². The van der Waals surface area contributed by atoms with E-state index in [9.17, 15) is 13.2 Å². The van der Waals surface area contributed by atoms with E-state index in [-0.39, 0.29) is 51.4 Å². The molecule has 2 nitrogen and oxygen atoms in total. The van der Waals surface area contributed by atoms with Crippen LogP contribution in [0.4, 0.5) is 13.2 Å². The Labute approximate surface area is 138 Å². The fourth-order valence-electron chi connectivity index (χ4n) is 0.484. The van der Waals surface area contributed by atoms with Crippen LogP contribution in [0.5, 0.6) is 0 Å². The van der Waals surface area contributed by atoms with Crippen molar-refractivity contribution >= 4 is 17.6 Å². The fourth-order valence-corrected chi connectivity index (χ4v) is 0.610. The molecular weight excluding hydrogens is 272 g/mol. The van der Waals surface area contributed by atoms with E-state index in [4.69, 9.17) is 21.5 Å². The molecule has 0 heterocycles. The maximum Gasteiger partial charge on any atom is 1.00 e. The number of carboxylic acids is 1. The third-order valence-corrected chi connectivity index (χ3v) is 1.41. The molecular formula is C9H7ClF3KO2. The van der Waals surface area contributed by atoms with Crippen molar-refractivity contribution in [1.29, 1.82) is 0 Å². The van der Waals surface area contributed by atoms with Gasteiger partial charge in [-0.1, -0.05) is 23.7 Å². The average Bonchev–Trinajstić information content (AvgIpc) is 2.09. The van der Waals surface area contributed by atoms with Gasteiger partial charge in [-0.25, -0.2) is 4.79 Å². The Kier molecular flexibility index (Phi) is 9.76. The van der Waals surface area contributed by atoms with Gasteiger partial charge in [0.1, 0.15) is 0 Å². The number of alkyl halides is 3. The number of benzene rings is 1. The normalized spacial score (nSPS) is 9.50. The minimum atomic E-state index is -5.08. The van der Waals surface area contributed by atoms with Gasteiger partial charge < -0.3 is 5.11 Å². The molecule has 0 bridgehead atoms. The SMILES string of the molecule is O=C(O)C(F)(F)F.[CH2-]c1ccc(Cl)cc1.[K+]. The number of rotatable bonds is 0. The second-order valence-corrected chi connectivity index (χ2v) is 2.87. The third-order valence-electron chi connectivity index (χ3n) is 1.16. The minimum absolute atomic E-state index is 0. The first-order valence-electron chi connectivity index (χ1n) is 3.61. The minimum Gasteiger partial charge on any atom is -0.475 e. The first-order valence-corrected chi connectivity index (χ1v) is 3.99. The molecule has 84 valence electrons. The van der Waals surface area contributed by atoms with Gasteiger partial charge >= 0.3 is 63.5 Å². The van der Waals surface area contributed by atoms with Crippen molar-refractivity contribution in [2.45, 2.75) is 6.18 Å². The van der Waals surface area contributed by atoms with E-state index in [0.29, 0.717) is 0 Å². The quantitative estimate of drug-likeness (QED) is 0.542. The molecule has 0 aliphatic rings. The summed E-state index contributed by atoms with van der Waals surface area (Å²) in [5.74, 6) is -2.76. The predicted octanol–water partition coefficient (Wildman–Crippen LogP) is 0.159. The van der Waals surface area contributed by atoms with E-state index in [2.05, 4.69) is 6.92 Å². The van der Waals surface area contributed by atoms with Crippen LogP contribution in [0.15, 0.2) is 24.3 Å². The molecule has 0 saturated heterocycles. The van der Waals surface area contributed by atoms with E-state index in [1.807, 2.05) is 24.3 Å². The van der Waals surface area contributed by atoms with Crippen LogP contribution in [0.1, 0.15) is 5.56 Å². The van der Waals surface area contributed by atoms with E-state index in [1.165, 1.54) is 0 Å². The zero-order chi connectivity index (χ0) is 12.1. The molecule has 0 aliphatic carbocycles. The number of carbonyl (C=O) groups is 1. The first-order chi connectivity index (χ1) is 6.73. The van der Waals surface area contributed by atoms with Gasteiger partial charge in [0.15, 0.2) is 0 Å². The number of hydrogen-bond donors (Lipinski definition) is 1. The average molecular weight is 279 g/mol. The van der Waals surface area contributed by atoms with Crippen molar-refractivity contribution in [1.82, 2.24) is 0 Å². The van der Waals surface area contributed by atoms with Crippen LogP contribution in [-0.4, -0.2) is 17.3 Å². The third kappa shape index (κ3) is 9.50. The van der Waals surface area contributed by atoms with E-state index in [1.54, 1.807) is 0 Å². The smallest absolute Gasteiger partial charge is 0.475 e. The molecule has 1 aromatic carbocycles. The molecule has 1 rings (SSSR count). The van der Waals surface area contributed by atoms with Gasteiger partial charge in [-0.3, -0.25) is 0 Å². The Hall–Kier alpha value is 0.276. The molecule has 1 aromatic rings. The van der Waals surface area contributed by atoms with E-state index < -0.39 is 12.1 Å². The summed E-state index contributed by atoms with van der Waals surface area (Å²) in [5, 5.41) is 7.89. The summed E-state index contributed by atoms with van der Waals surface area (Å²) in [5.41, 5.74) is 0.995. The number of aliphatic carboxylic acids is 1. The van der Waals surface area contributed by atoms with Gasteiger partial charge in [-0.15, -0.1) is 0 Å². The van der Waals surface area contributed by atoms with Crippen molar-refractivity contribution in [3.8, 4) is 0 Å². The van der Waals surface area contributed by atoms with Gasteiger partial charge in [0.2, 0.25) is 0 Å². The largest absolute Gasteiger partial charge is 1.00 e. The number of halogens is 4. The molecule has 0 unspecified atom stereocenters. The predicted molar refractivity (Wildman–Crippen MR) is 49.6 cm³/mol. The zero-order valence-electron chi connectivity index (χ0n) is 8.38. The van der Waals surface area contributed by atoms with Crippen LogP contribution in [0.3, 0.4) is 0 Å². The van der Waals surface area contributed by atoms with Crippen LogP contribution in [0.25, 0.3) is 0 Å². The van der Waals surface area contributed by atoms with Gasteiger partial charge in [0.25, 0.3) is 0 Å². The van der Waals surface area contributed by atoms with Gasteiger partial charge in [0.05, 0.1) is 0 Å². The van der Waals surface area contributed by atoms with Gasteiger partial charge in [0, 0.05) is 5.02 Å². The molecule has 16 heavy (non-hydrogen) atoms. The van der Waals surface area contributed by atoms with Crippen molar-refractivity contribution < 1.29 is 74.5 Å². The summed E-state index contributed by atoms with van der Waals surface area (Å²) in [6, 6.07) is 7.40. The van der Waals surface area contributed by atoms with Gasteiger partial charge in [-0.05, 0) is 0 Å². The molecule has 0 atom stereocenters. The second-order valence-electron chi connectivity index (χ2n) is 2.43. The van der Waals surface area contributed by atoms with Crippen LogP contribution in [-0.2, 0) is 4.79 Å². The Morgan fingerprint density at radius 1 is 1.25 bits per heavy atom. The van der Waals surface area contributed by atoms with Crippen LogP contribution in [0.2, 0.25) is 5.02 Å². The molecule has 0 spiro atoms. The molecule has 0 aliphatic heterocycles. The monoisotopic (exact) mass is 278 g/mol. The molecule has 0 saturated carbocycles. The number of hydrogen-bond acceptors (Lipinski definition) is 1.